The van der Waals surface area contributed by atoms with Crippen molar-refractivity contribution in [3.8, 4) is 17.1 Å². The molecule has 174 valence electrons. The van der Waals surface area contributed by atoms with Crippen LogP contribution in [0, 0.1) is 0 Å². The zero-order chi connectivity index (χ0) is 23.6. The first-order valence-corrected chi connectivity index (χ1v) is 12.1. The van der Waals surface area contributed by atoms with Crippen LogP contribution >= 0.6 is 11.6 Å². The topological polar surface area (TPSA) is 106 Å². The van der Waals surface area contributed by atoms with Crippen molar-refractivity contribution in [1.29, 1.82) is 0 Å². The number of methoxy groups -OCH3 is 1. The van der Waals surface area contributed by atoms with E-state index in [2.05, 4.69) is 10.1 Å². The monoisotopic (exact) mass is 490 g/mol. The van der Waals surface area contributed by atoms with Gasteiger partial charge in [-0.15, -0.1) is 0 Å². The predicted octanol–water partition coefficient (Wildman–Crippen LogP) is 3.46. The van der Waals surface area contributed by atoms with Crippen molar-refractivity contribution in [2.45, 2.75) is 24.3 Å². The summed E-state index contributed by atoms with van der Waals surface area (Å²) in [7, 11) is -1.09. The van der Waals surface area contributed by atoms with Crippen molar-refractivity contribution in [3.63, 3.8) is 0 Å². The number of ether oxygens (including phenoxy) is 1. The summed E-state index contributed by atoms with van der Waals surface area (Å²) in [5.41, 5.74) is 0.873. The number of halogens is 1. The number of likely N-dealkylation sites (tertiary alicyclic amines) is 1. The summed E-state index contributed by atoms with van der Waals surface area (Å²) in [5, 5.41) is 4.43. The number of sulfonamides is 1. The molecule has 3 aromatic rings. The molecule has 0 saturated carbocycles. The first kappa shape index (κ1) is 23.2. The first-order chi connectivity index (χ1) is 15.8. The number of aromatic nitrogens is 2. The van der Waals surface area contributed by atoms with Crippen molar-refractivity contribution in [2.24, 2.45) is 0 Å². The van der Waals surface area contributed by atoms with Crippen LogP contribution in [0.1, 0.15) is 29.1 Å². The van der Waals surface area contributed by atoms with Crippen LogP contribution in [-0.4, -0.2) is 60.9 Å². The fraction of sp³-hybridized carbons (Fsp3) is 0.318. The largest absolute Gasteiger partial charge is 0.496 e. The molecule has 2 aromatic carbocycles. The number of benzene rings is 2. The maximum Gasteiger partial charge on any atom is 0.257 e. The number of hydrogen-bond acceptors (Lipinski definition) is 7. The molecule has 0 N–H and O–H groups in total. The predicted molar refractivity (Wildman–Crippen MR) is 122 cm³/mol. The molecule has 2 heterocycles. The minimum absolute atomic E-state index is 0.0251. The van der Waals surface area contributed by atoms with Gasteiger partial charge in [-0.1, -0.05) is 28.9 Å². The molecular formula is C22H23ClN4O5S. The lowest BCUT2D eigenvalue weighted by molar-refractivity contribution is 0.0789. The minimum Gasteiger partial charge on any atom is -0.496 e. The van der Waals surface area contributed by atoms with Gasteiger partial charge < -0.3 is 14.2 Å². The van der Waals surface area contributed by atoms with Gasteiger partial charge in [0.15, 0.2) is 0 Å². The van der Waals surface area contributed by atoms with Crippen LogP contribution in [0.4, 0.5) is 0 Å². The van der Waals surface area contributed by atoms with Crippen LogP contribution in [-0.2, 0) is 16.6 Å². The van der Waals surface area contributed by atoms with E-state index in [1.54, 1.807) is 29.2 Å². The van der Waals surface area contributed by atoms with E-state index in [4.69, 9.17) is 20.9 Å². The maximum absolute atomic E-state index is 13.2. The van der Waals surface area contributed by atoms with Gasteiger partial charge in [0, 0.05) is 30.7 Å². The highest BCUT2D eigenvalue weighted by Crippen LogP contribution is 2.27. The molecule has 0 unspecified atom stereocenters. The molecule has 0 bridgehead atoms. The van der Waals surface area contributed by atoms with Gasteiger partial charge in [0.2, 0.25) is 21.7 Å². The van der Waals surface area contributed by atoms with Crippen LogP contribution in [0.3, 0.4) is 0 Å². The molecule has 1 aromatic heterocycles. The molecular weight excluding hydrogens is 468 g/mol. The van der Waals surface area contributed by atoms with E-state index < -0.39 is 10.0 Å². The van der Waals surface area contributed by atoms with Crippen molar-refractivity contribution in [1.82, 2.24) is 19.3 Å². The fourth-order valence-corrected chi connectivity index (χ4v) is 4.96. The summed E-state index contributed by atoms with van der Waals surface area (Å²) >= 11 is 6.00. The highest BCUT2D eigenvalue weighted by molar-refractivity contribution is 7.89. The Kier molecular flexibility index (Phi) is 6.68. The summed E-state index contributed by atoms with van der Waals surface area (Å²) in [4.78, 5) is 18.9. The second-order valence-electron chi connectivity index (χ2n) is 7.64. The van der Waals surface area contributed by atoms with Crippen LogP contribution in [0.25, 0.3) is 11.4 Å². The van der Waals surface area contributed by atoms with Crippen LogP contribution < -0.4 is 4.74 Å². The SMILES string of the molecule is COc1ccc(S(=O)(=O)N(C)Cc2nc(-c3cccc(Cl)c3)no2)cc1C(=O)N1CCCC1. The van der Waals surface area contributed by atoms with Crippen LogP contribution in [0.15, 0.2) is 51.9 Å². The van der Waals surface area contributed by atoms with Crippen molar-refractivity contribution >= 4 is 27.5 Å². The van der Waals surface area contributed by atoms with E-state index in [0.717, 1.165) is 17.1 Å². The molecule has 0 spiro atoms. The molecule has 9 nitrogen and oxygen atoms in total. The maximum atomic E-state index is 13.2. The van der Waals surface area contributed by atoms with E-state index in [1.165, 1.54) is 32.4 Å². The lowest BCUT2D eigenvalue weighted by Crippen LogP contribution is -2.29. The van der Waals surface area contributed by atoms with E-state index in [9.17, 15) is 13.2 Å². The fourth-order valence-electron chi connectivity index (χ4n) is 3.62. The van der Waals surface area contributed by atoms with Gasteiger partial charge in [-0.25, -0.2) is 8.42 Å². The number of carbonyl (C=O) groups excluding carboxylic acids is 1. The highest BCUT2D eigenvalue weighted by atomic mass is 35.5. The molecule has 1 saturated heterocycles. The van der Waals surface area contributed by atoms with Crippen molar-refractivity contribution in [3.05, 3.63) is 58.9 Å². The summed E-state index contributed by atoms with van der Waals surface area (Å²) in [6.07, 6.45) is 1.85. The Morgan fingerprint density at radius 2 is 1.97 bits per heavy atom. The zero-order valence-corrected chi connectivity index (χ0v) is 19.8. The Morgan fingerprint density at radius 3 is 2.67 bits per heavy atom. The Morgan fingerprint density at radius 1 is 1.21 bits per heavy atom. The van der Waals surface area contributed by atoms with Gasteiger partial charge in [0.05, 0.1) is 24.1 Å². The Bertz CT molecular complexity index is 1270. The quantitative estimate of drug-likeness (QED) is 0.499. The molecule has 11 heteroatoms. The molecule has 1 aliphatic heterocycles. The molecule has 33 heavy (non-hydrogen) atoms. The molecule has 1 aliphatic rings. The van der Waals surface area contributed by atoms with Gasteiger partial charge in [-0.2, -0.15) is 9.29 Å². The number of nitrogens with zero attached hydrogens (tertiary/aromatic N) is 4. The van der Waals surface area contributed by atoms with Crippen molar-refractivity contribution < 1.29 is 22.5 Å². The lowest BCUT2D eigenvalue weighted by atomic mass is 10.1. The summed E-state index contributed by atoms with van der Waals surface area (Å²) in [5.74, 6) is 0.517. The standard InChI is InChI=1S/C22H23ClN4O5S/c1-26(14-20-24-21(25-32-20)15-6-5-7-16(23)12-15)33(29,30)17-8-9-19(31-2)18(13-17)22(28)27-10-3-4-11-27/h5-9,12-13H,3-4,10-11,14H2,1-2H3. The smallest absolute Gasteiger partial charge is 0.257 e. The molecule has 0 aliphatic carbocycles. The number of amides is 1. The Balaban J connectivity index is 1.56. The summed E-state index contributed by atoms with van der Waals surface area (Å²) < 4.78 is 38.0. The minimum atomic E-state index is -3.95. The molecule has 1 fully saturated rings. The molecule has 0 radical (unpaired) electrons. The van der Waals surface area contributed by atoms with Gasteiger partial charge in [-0.05, 0) is 43.2 Å². The lowest BCUT2D eigenvalue weighted by Gasteiger charge is -2.19. The molecule has 0 atom stereocenters. The third-order valence-electron chi connectivity index (χ3n) is 5.41. The van der Waals surface area contributed by atoms with Gasteiger partial charge in [0.1, 0.15) is 5.75 Å². The number of hydrogen-bond donors (Lipinski definition) is 0. The number of carbonyl (C=O) groups is 1. The van der Waals surface area contributed by atoms with Crippen molar-refractivity contribution in [2.75, 3.05) is 27.2 Å². The average molecular weight is 491 g/mol. The molecule has 4 rings (SSSR count). The number of rotatable bonds is 7. The third kappa shape index (κ3) is 4.87. The third-order valence-corrected chi connectivity index (χ3v) is 7.45. The normalized spacial score (nSPS) is 14.1. The Hall–Kier alpha value is -2.95. The van der Waals surface area contributed by atoms with Gasteiger partial charge in [0.25, 0.3) is 5.91 Å². The van der Waals surface area contributed by atoms with E-state index in [0.29, 0.717) is 35.2 Å². The van der Waals surface area contributed by atoms with Gasteiger partial charge >= 0.3 is 0 Å². The first-order valence-electron chi connectivity index (χ1n) is 10.3. The van der Waals surface area contributed by atoms with Crippen LogP contribution in [0.5, 0.6) is 5.75 Å². The Labute approximate surface area is 197 Å². The second-order valence-corrected chi connectivity index (χ2v) is 10.1. The highest BCUT2D eigenvalue weighted by Gasteiger charge is 2.28. The second kappa shape index (κ2) is 9.50. The van der Waals surface area contributed by atoms with Gasteiger partial charge in [-0.3, -0.25) is 4.79 Å². The average Bonchev–Trinajstić information content (AvgIpc) is 3.50. The summed E-state index contributed by atoms with van der Waals surface area (Å²) in [6, 6.07) is 11.2. The summed E-state index contributed by atoms with van der Waals surface area (Å²) in [6.45, 7) is 1.15. The van der Waals surface area contributed by atoms with E-state index in [1.807, 2.05) is 0 Å². The van der Waals surface area contributed by atoms with E-state index >= 15 is 0 Å². The molecule has 1 amide bonds. The van der Waals surface area contributed by atoms with Crippen LogP contribution in [0.2, 0.25) is 5.02 Å². The van der Waals surface area contributed by atoms with E-state index in [-0.39, 0.29) is 28.8 Å². The zero-order valence-electron chi connectivity index (χ0n) is 18.2.